The van der Waals surface area contributed by atoms with Gasteiger partial charge in [0.15, 0.2) is 0 Å². The van der Waals surface area contributed by atoms with E-state index >= 15 is 0 Å². The Morgan fingerprint density at radius 1 is 1.67 bits per heavy atom. The Kier molecular flexibility index (Phi) is 3.08. The van der Waals surface area contributed by atoms with Crippen LogP contribution in [0.2, 0.25) is 0 Å². The molecule has 1 rings (SSSR count). The molecule has 0 N–H and O–H groups in total. The Hall–Kier alpha value is -1.58. The summed E-state index contributed by atoms with van der Waals surface area (Å²) >= 11 is 0. The third-order valence-corrected chi connectivity index (χ3v) is 1.28. The summed E-state index contributed by atoms with van der Waals surface area (Å²) in [6.07, 6.45) is 3.11. The van der Waals surface area contributed by atoms with Crippen molar-refractivity contribution < 1.29 is 0 Å². The van der Waals surface area contributed by atoms with E-state index in [-0.39, 0.29) is 0 Å². The van der Waals surface area contributed by atoms with Crippen LogP contribution in [0.5, 0.6) is 0 Å². The fourth-order valence-electron chi connectivity index (χ4n) is 0.788. The van der Waals surface area contributed by atoms with Gasteiger partial charge >= 0.3 is 71.0 Å². The van der Waals surface area contributed by atoms with Gasteiger partial charge in [-0.15, -0.1) is 0 Å². The van der Waals surface area contributed by atoms with Gasteiger partial charge in [-0.2, -0.15) is 0 Å². The van der Waals surface area contributed by atoms with Crippen LogP contribution in [-0.4, -0.2) is 24.5 Å². The van der Waals surface area contributed by atoms with Gasteiger partial charge in [-0.1, -0.05) is 0 Å². The van der Waals surface area contributed by atoms with E-state index in [1.165, 1.54) is 6.20 Å². The van der Waals surface area contributed by atoms with Gasteiger partial charge in [-0.05, 0) is 0 Å². The van der Waals surface area contributed by atoms with Crippen molar-refractivity contribution in [3.63, 3.8) is 0 Å². The molecule has 12 heavy (non-hydrogen) atoms. The molecule has 0 spiro atoms. The molecule has 0 radical (unpaired) electrons. The van der Waals surface area contributed by atoms with Gasteiger partial charge in [0.2, 0.25) is 0 Å². The molecule has 0 aliphatic heterocycles. The molecule has 4 heteroatoms. The van der Waals surface area contributed by atoms with Crippen LogP contribution in [0.25, 0.3) is 0 Å². The summed E-state index contributed by atoms with van der Waals surface area (Å²) in [7, 11) is 1.69. The average molecular weight is 157 g/mol. The zero-order valence-corrected chi connectivity index (χ0v) is 6.64. The van der Waals surface area contributed by atoms with Gasteiger partial charge in [0.25, 0.3) is 0 Å². The number of hydrogen-bond donors (Lipinski definition) is 0. The molecule has 0 saturated carbocycles. The minimum atomic E-state index is 0.540. The van der Waals surface area contributed by atoms with Crippen LogP contribution in [0.4, 0.5) is 0 Å². The fraction of sp³-hybridized carbons (Fsp3) is 0. The van der Waals surface area contributed by atoms with Gasteiger partial charge in [0, 0.05) is 0 Å². The molecule has 0 atom stereocenters. The fourth-order valence-corrected chi connectivity index (χ4v) is 0.788. The van der Waals surface area contributed by atoms with Crippen LogP contribution in [0.3, 0.4) is 0 Å². The van der Waals surface area contributed by atoms with Gasteiger partial charge < -0.3 is 0 Å². The van der Waals surface area contributed by atoms with Gasteiger partial charge in [0.05, 0.1) is 0 Å². The van der Waals surface area contributed by atoms with Crippen molar-refractivity contribution in [3.8, 4) is 0 Å². The van der Waals surface area contributed by atoms with Crippen molar-refractivity contribution in [1.29, 1.82) is 0 Å². The summed E-state index contributed by atoms with van der Waals surface area (Å²) in [6, 6.07) is 1.87. The number of nitrogens with zero attached hydrogens (tertiary/aromatic N) is 3. The molecule has 0 saturated heterocycles. The topological polar surface area (TPSA) is 37.6 Å². The van der Waals surface area contributed by atoms with E-state index in [2.05, 4.69) is 28.2 Å². The van der Waals surface area contributed by atoms with Crippen molar-refractivity contribution in [2.24, 2.45) is 9.98 Å². The first kappa shape index (κ1) is 8.52. The van der Waals surface area contributed by atoms with E-state index in [4.69, 9.17) is 0 Å². The second-order valence-electron chi connectivity index (χ2n) is 2.04. The molecular formula is C8H8BN3. The van der Waals surface area contributed by atoms with E-state index in [0.29, 0.717) is 5.84 Å². The normalized spacial score (nSPS) is 10.5. The van der Waals surface area contributed by atoms with Crippen molar-refractivity contribution in [1.82, 2.24) is 4.89 Å². The summed E-state index contributed by atoms with van der Waals surface area (Å²) < 4.78 is 0. The Balaban J connectivity index is 3.03. The van der Waals surface area contributed by atoms with Crippen LogP contribution in [0.1, 0.15) is 5.56 Å². The summed E-state index contributed by atoms with van der Waals surface area (Å²) in [5.74, 6) is 2.36. The second-order valence-corrected chi connectivity index (χ2v) is 2.04. The molecule has 1 aromatic heterocycles. The first-order valence-electron chi connectivity index (χ1n) is 3.44. The van der Waals surface area contributed by atoms with E-state index in [0.717, 1.165) is 5.56 Å². The third-order valence-electron chi connectivity index (χ3n) is 1.28. The van der Waals surface area contributed by atoms with Crippen LogP contribution >= 0.6 is 0 Å². The molecule has 3 nitrogen and oxygen atoms in total. The van der Waals surface area contributed by atoms with Crippen LogP contribution in [-0.2, 0) is 0 Å². The number of amidine groups is 1. The van der Waals surface area contributed by atoms with Crippen LogP contribution < -0.4 is 0 Å². The van der Waals surface area contributed by atoms with E-state index in [9.17, 15) is 0 Å². The SMILES string of the molecule is C=C/N=C(\N=C)c1ccbnc1. The molecule has 0 bridgehead atoms. The summed E-state index contributed by atoms with van der Waals surface area (Å²) in [5.41, 5.74) is 0.840. The Morgan fingerprint density at radius 2 is 2.50 bits per heavy atom. The molecular weight excluding hydrogens is 149 g/mol. The quantitative estimate of drug-likeness (QED) is 0.466. The second kappa shape index (κ2) is 4.33. The van der Waals surface area contributed by atoms with Crippen molar-refractivity contribution >= 4 is 19.6 Å². The number of rotatable bonds is 2. The summed E-state index contributed by atoms with van der Waals surface area (Å²) in [6.45, 7) is 6.88. The monoisotopic (exact) mass is 157 g/mol. The standard InChI is InChI=1S/C8H8BN3/c1-3-11-8(10-2)7-4-5-9-12-6-7/h3-6H,1-2H2/b11-8-. The predicted octanol–water partition coefficient (Wildman–Crippen LogP) is 1.01. The van der Waals surface area contributed by atoms with Crippen LogP contribution in [0.15, 0.2) is 41.0 Å². The molecule has 58 valence electrons. The zero-order chi connectivity index (χ0) is 8.81. The van der Waals surface area contributed by atoms with E-state index in [1.54, 1.807) is 13.2 Å². The third kappa shape index (κ3) is 1.95. The predicted molar refractivity (Wildman–Crippen MR) is 51.9 cm³/mol. The van der Waals surface area contributed by atoms with Crippen LogP contribution in [0, 0.1) is 0 Å². The van der Waals surface area contributed by atoms with Crippen molar-refractivity contribution in [2.75, 3.05) is 0 Å². The van der Waals surface area contributed by atoms with Gasteiger partial charge in [0.1, 0.15) is 0 Å². The molecule has 0 amide bonds. The molecule has 0 unspecified atom stereocenters. The summed E-state index contributed by atoms with van der Waals surface area (Å²) in [4.78, 5) is 11.6. The Bertz CT molecular complexity index is 305. The molecule has 1 heterocycles. The number of aliphatic imine (C=N–C) groups is 2. The molecule has 0 aliphatic rings. The van der Waals surface area contributed by atoms with E-state index in [1.807, 2.05) is 12.0 Å². The summed E-state index contributed by atoms with van der Waals surface area (Å²) in [5, 5.41) is 0. The zero-order valence-electron chi connectivity index (χ0n) is 6.64. The molecule has 1 aromatic rings. The number of aromatic nitrogens is 1. The van der Waals surface area contributed by atoms with Gasteiger partial charge in [-0.3, -0.25) is 0 Å². The average Bonchev–Trinajstić information content (AvgIpc) is 2.15. The minimum absolute atomic E-state index is 0.540. The molecule has 0 aliphatic carbocycles. The Labute approximate surface area is 71.8 Å². The van der Waals surface area contributed by atoms with Crippen molar-refractivity contribution in [2.45, 2.75) is 0 Å². The van der Waals surface area contributed by atoms with E-state index < -0.39 is 0 Å². The first-order chi connectivity index (χ1) is 5.88. The maximum absolute atomic E-state index is 3.93. The Morgan fingerprint density at radius 3 is 3.00 bits per heavy atom. The molecule has 0 fully saturated rings. The maximum atomic E-state index is 3.93. The van der Waals surface area contributed by atoms with Gasteiger partial charge in [-0.25, -0.2) is 0 Å². The first-order valence-corrected chi connectivity index (χ1v) is 3.44. The van der Waals surface area contributed by atoms with Crippen molar-refractivity contribution in [3.05, 3.63) is 36.6 Å². The molecule has 0 aromatic carbocycles. The number of hydrogen-bond acceptors (Lipinski definition) is 2.